The maximum absolute atomic E-state index is 15.9. The zero-order valence-corrected chi connectivity index (χ0v) is 34.2. The largest absolute Gasteiger partial charge is 0.482 e. The van der Waals surface area contributed by atoms with Gasteiger partial charge in [-0.1, -0.05) is 32.4 Å². The van der Waals surface area contributed by atoms with Crippen molar-refractivity contribution in [2.75, 3.05) is 37.9 Å². The van der Waals surface area contributed by atoms with E-state index in [1.165, 1.54) is 12.3 Å². The smallest absolute Gasteiger partial charge is 0.344 e. The van der Waals surface area contributed by atoms with Crippen LogP contribution in [-0.2, 0) is 41.3 Å². The van der Waals surface area contributed by atoms with Crippen LogP contribution in [0.25, 0.3) is 22.3 Å². The van der Waals surface area contributed by atoms with E-state index in [1.807, 2.05) is 0 Å². The van der Waals surface area contributed by atoms with Crippen LogP contribution in [0, 0.1) is 17.0 Å². The molecule has 0 fully saturated rings. The summed E-state index contributed by atoms with van der Waals surface area (Å²) >= 11 is 0. The van der Waals surface area contributed by atoms with Gasteiger partial charge < -0.3 is 34.1 Å². The lowest BCUT2D eigenvalue weighted by Crippen LogP contribution is -2.30. The van der Waals surface area contributed by atoms with Gasteiger partial charge in [0.05, 0.1) is 36.6 Å². The minimum Gasteiger partial charge on any atom is -0.482 e. The number of benzene rings is 3. The molecule has 3 N–H and O–H groups in total. The number of hydrogen-bond acceptors (Lipinski definition) is 12. The van der Waals surface area contributed by atoms with E-state index in [-0.39, 0.29) is 53.8 Å². The third kappa shape index (κ3) is 10.8. The summed E-state index contributed by atoms with van der Waals surface area (Å²) in [5, 5.41) is 25.3. The third-order valence-corrected chi connectivity index (χ3v) is 11.6. The predicted octanol–water partition coefficient (Wildman–Crippen LogP) is 6.48. The number of aromatic nitrogens is 4. The molecule has 0 amide bonds. The number of esters is 2. The van der Waals surface area contributed by atoms with E-state index in [2.05, 4.69) is 15.1 Å². The Morgan fingerprint density at radius 3 is 2.44 bits per heavy atom. The third-order valence-electron chi connectivity index (χ3n) is 9.72. The molecule has 2 heterocycles. The first-order valence-corrected chi connectivity index (χ1v) is 20.7. The second kappa shape index (κ2) is 18.7. The Hall–Kier alpha value is -5.39. The van der Waals surface area contributed by atoms with E-state index in [0.29, 0.717) is 34.0 Å². The molecule has 0 saturated heterocycles. The number of aliphatic hydroxyl groups is 2. The van der Waals surface area contributed by atoms with Crippen LogP contribution in [0.15, 0.2) is 60.8 Å². The molecule has 17 heteroatoms. The fourth-order valence-corrected chi connectivity index (χ4v) is 8.84. The summed E-state index contributed by atoms with van der Waals surface area (Å²) in [6, 6.07) is 12.5. The molecule has 0 bridgehead atoms. The second-order valence-corrected chi connectivity index (χ2v) is 17.0. The number of carbonyl (C=O) groups is 2. The molecule has 0 spiro atoms. The van der Waals surface area contributed by atoms with Crippen LogP contribution in [0.4, 0.5) is 8.78 Å². The molecule has 2 aromatic heterocycles. The van der Waals surface area contributed by atoms with Gasteiger partial charge in [-0.15, -0.1) is 0 Å². The number of aryl methyl sites for hydroxylation is 1. The summed E-state index contributed by atoms with van der Waals surface area (Å²) in [6.45, 7) is 4.42. The molecule has 5 aromatic rings. The number of carbonyl (C=O) groups excluding carboxylic acids is 2. The van der Waals surface area contributed by atoms with Gasteiger partial charge in [0, 0.05) is 39.8 Å². The molecule has 0 saturated carbocycles. The van der Waals surface area contributed by atoms with Gasteiger partial charge in [-0.05, 0) is 81.0 Å². The lowest BCUT2D eigenvalue weighted by Gasteiger charge is -2.30. The van der Waals surface area contributed by atoms with Crippen LogP contribution in [-0.4, -0.2) is 88.3 Å². The fourth-order valence-electron chi connectivity index (χ4n) is 6.96. The first-order valence-electron chi connectivity index (χ1n) is 20.4. The number of halogens is 2. The number of fused-ring (bicyclic) bond motifs is 1. The highest BCUT2D eigenvalue weighted by molar-refractivity contribution is 7.92. The van der Waals surface area contributed by atoms with Gasteiger partial charge in [0.25, 0.3) is 0 Å². The Labute approximate surface area is 345 Å². The van der Waals surface area contributed by atoms with Gasteiger partial charge in [-0.2, -0.15) is 5.10 Å². The highest BCUT2D eigenvalue weighted by Crippen LogP contribution is 2.41. The Morgan fingerprint density at radius 2 is 1.73 bits per heavy atom. The average Bonchev–Trinajstić information content (AvgIpc) is 3.86. The summed E-state index contributed by atoms with van der Waals surface area (Å²) in [7, 11) is -3.86. The maximum atomic E-state index is 15.9. The average molecular weight is 844 g/mol. The molecule has 2 atom stereocenters. The first-order chi connectivity index (χ1) is 29.1. The van der Waals surface area contributed by atoms with Crippen LogP contribution in [0.5, 0.6) is 17.2 Å². The van der Waals surface area contributed by atoms with Crippen molar-refractivity contribution in [3.8, 4) is 28.6 Å². The van der Waals surface area contributed by atoms with Gasteiger partial charge in [0.2, 0.25) is 0 Å². The number of H-pyrrole nitrogens is 1. The van der Waals surface area contributed by atoms with Gasteiger partial charge in [-0.25, -0.2) is 31.7 Å². The van der Waals surface area contributed by atoms with Crippen molar-refractivity contribution in [2.45, 2.75) is 65.4 Å². The standard InChI is InChI=1S/C42H50F2N4O10S/c1-7-55-35(51)23-57-27-12-9-11-26(19-27)42(5,17-10-16-41(3,4)25-59(53,54)24-36(52)56-8-2)40-46-39(48(6)47-40)30-20-28(13-14-31(30)43)58-38-32(44)21-33-29(15-18-45-33)37(38)34(50)22-49/h9,11-15,18-21,34,45,49-50H,7-8,10,16-17,22-25H2,1-6H3/i6D3. The molecular formula is C42H50F2N4O10S. The quantitative estimate of drug-likeness (QED) is 0.0724. The molecule has 5 rings (SSSR count). The Morgan fingerprint density at radius 1 is 0.983 bits per heavy atom. The topological polar surface area (TPSA) is 192 Å². The van der Waals surface area contributed by atoms with E-state index in [1.54, 1.807) is 65.0 Å². The van der Waals surface area contributed by atoms with Gasteiger partial charge >= 0.3 is 11.9 Å². The lowest BCUT2D eigenvalue weighted by atomic mass is 9.75. The zero-order chi connectivity index (χ0) is 45.6. The molecule has 59 heavy (non-hydrogen) atoms. The number of aliphatic hydroxyl groups excluding tert-OH is 2. The van der Waals surface area contributed by atoms with Gasteiger partial charge in [0.1, 0.15) is 29.2 Å². The summed E-state index contributed by atoms with van der Waals surface area (Å²) in [6.07, 6.45) is 0.759. The van der Waals surface area contributed by atoms with Crippen LogP contribution >= 0.6 is 0 Å². The van der Waals surface area contributed by atoms with E-state index >= 15 is 8.78 Å². The zero-order valence-electron chi connectivity index (χ0n) is 36.4. The lowest BCUT2D eigenvalue weighted by molar-refractivity contribution is -0.145. The van der Waals surface area contributed by atoms with Crippen molar-refractivity contribution >= 4 is 32.7 Å². The van der Waals surface area contributed by atoms with E-state index < -0.39 is 87.9 Å². The number of nitrogens with zero attached hydrogens (tertiary/aromatic N) is 3. The minimum atomic E-state index is -3.86. The molecule has 0 aliphatic carbocycles. The fraction of sp³-hybridized carbons (Fsp3) is 0.429. The number of rotatable bonds is 20. The number of aromatic amines is 1. The Bertz CT molecular complexity index is 2510. The molecule has 14 nitrogen and oxygen atoms in total. The number of hydrogen-bond donors (Lipinski definition) is 3. The molecule has 0 radical (unpaired) electrons. The minimum absolute atomic E-state index is 0.0348. The van der Waals surface area contributed by atoms with Crippen molar-refractivity contribution in [2.24, 2.45) is 12.4 Å². The van der Waals surface area contributed by atoms with E-state index in [9.17, 15) is 28.2 Å². The number of ether oxygens (including phenoxy) is 4. The summed E-state index contributed by atoms with van der Waals surface area (Å²) in [5.74, 6) is -5.27. The van der Waals surface area contributed by atoms with Crippen LogP contribution in [0.2, 0.25) is 0 Å². The Balaban J connectivity index is 1.58. The van der Waals surface area contributed by atoms with Crippen LogP contribution in [0.1, 0.15) is 81.0 Å². The predicted molar refractivity (Wildman–Crippen MR) is 215 cm³/mol. The summed E-state index contributed by atoms with van der Waals surface area (Å²) in [4.78, 5) is 31.6. The maximum Gasteiger partial charge on any atom is 0.344 e. The molecule has 0 aliphatic heterocycles. The van der Waals surface area contributed by atoms with Crippen molar-refractivity contribution in [1.82, 2.24) is 19.7 Å². The molecule has 0 aliphatic rings. The van der Waals surface area contributed by atoms with Crippen molar-refractivity contribution in [3.63, 3.8) is 0 Å². The first kappa shape index (κ1) is 40.4. The normalized spacial score (nSPS) is 14.5. The summed E-state index contributed by atoms with van der Waals surface area (Å²) < 4.78 is 105. The monoisotopic (exact) mass is 843 g/mol. The number of nitrogens with one attached hydrogen (secondary N) is 1. The van der Waals surface area contributed by atoms with E-state index in [4.69, 9.17) is 23.1 Å². The highest BCUT2D eigenvalue weighted by atomic mass is 32.2. The van der Waals surface area contributed by atoms with Crippen molar-refractivity contribution in [3.05, 3.63) is 89.4 Å². The Kier molecular flexibility index (Phi) is 12.8. The molecule has 318 valence electrons. The molecular weight excluding hydrogens is 791 g/mol. The molecule has 3 aromatic carbocycles. The number of sulfone groups is 1. The van der Waals surface area contributed by atoms with Crippen LogP contribution < -0.4 is 9.47 Å². The second-order valence-electron chi connectivity index (χ2n) is 15.0. The molecule has 2 unspecified atom stereocenters. The van der Waals surface area contributed by atoms with Crippen LogP contribution in [0.3, 0.4) is 0 Å². The van der Waals surface area contributed by atoms with Crippen molar-refractivity contribution in [1.29, 1.82) is 0 Å². The van der Waals surface area contributed by atoms with E-state index in [0.717, 1.165) is 18.2 Å². The SMILES string of the molecule is [2H]C([2H])([2H])n1nc(C(C)(CCCC(C)(C)CS(=O)(=O)CC(=O)OCC)c2cccc(OCC(=O)OCC)c2)nc1-c1cc(Oc2c(F)cc3[nH]ccc3c2C(O)CO)ccc1F. The highest BCUT2D eigenvalue weighted by Gasteiger charge is 2.36. The van der Waals surface area contributed by atoms with Crippen molar-refractivity contribution < 1.29 is 60.1 Å². The van der Waals surface area contributed by atoms with Gasteiger partial charge in [-0.3, -0.25) is 4.79 Å². The van der Waals surface area contributed by atoms with Gasteiger partial charge in [0.15, 0.2) is 39.7 Å². The summed E-state index contributed by atoms with van der Waals surface area (Å²) in [5.41, 5.74) is -1.75.